The van der Waals surface area contributed by atoms with Crippen molar-refractivity contribution < 1.29 is 10.2 Å². The van der Waals surface area contributed by atoms with Gasteiger partial charge in [-0.05, 0) is 28.4 Å². The summed E-state index contributed by atoms with van der Waals surface area (Å²) in [4.78, 5) is 3.92. The average molecular weight is 325 g/mol. The smallest absolute Gasteiger partial charge is 0.106 e. The van der Waals surface area contributed by atoms with Crippen LogP contribution in [0, 0.1) is 0 Å². The van der Waals surface area contributed by atoms with E-state index in [-0.39, 0.29) is 0 Å². The number of nitrogens with zero attached hydrogens (tertiary/aromatic N) is 1. The lowest BCUT2D eigenvalue weighted by Crippen LogP contribution is -2.18. The third-order valence-corrected chi connectivity index (χ3v) is 2.73. The molecule has 2 atom stereocenters. The summed E-state index contributed by atoms with van der Waals surface area (Å²) < 4.78 is 0.792. The molecule has 0 fully saturated rings. The van der Waals surface area contributed by atoms with Crippen LogP contribution < -0.4 is 0 Å². The fourth-order valence-electron chi connectivity index (χ4n) is 1.08. The maximum atomic E-state index is 9.71. The molecule has 0 aliphatic rings. The Bertz CT molecular complexity index is 296. The molecule has 78 valence electrons. The molecule has 5 heteroatoms. The van der Waals surface area contributed by atoms with E-state index in [1.54, 1.807) is 18.5 Å². The van der Waals surface area contributed by atoms with Crippen LogP contribution in [0.1, 0.15) is 18.1 Å². The van der Waals surface area contributed by atoms with Gasteiger partial charge in [0.2, 0.25) is 0 Å². The SMILES string of the molecule is OC(CCBr)C(O)c1cncc(Br)c1. The van der Waals surface area contributed by atoms with Crippen molar-refractivity contribution in [3.8, 4) is 0 Å². The minimum absolute atomic E-state index is 0.508. The van der Waals surface area contributed by atoms with Crippen LogP contribution in [0.2, 0.25) is 0 Å². The molecular weight excluding hydrogens is 314 g/mol. The largest absolute Gasteiger partial charge is 0.390 e. The van der Waals surface area contributed by atoms with E-state index in [0.29, 0.717) is 17.3 Å². The normalized spacial score (nSPS) is 15.1. The Morgan fingerprint density at radius 3 is 2.64 bits per heavy atom. The van der Waals surface area contributed by atoms with Gasteiger partial charge in [-0.3, -0.25) is 4.98 Å². The molecule has 0 aliphatic carbocycles. The van der Waals surface area contributed by atoms with E-state index in [0.717, 1.165) is 4.47 Å². The molecule has 1 aromatic heterocycles. The minimum atomic E-state index is -0.877. The van der Waals surface area contributed by atoms with Gasteiger partial charge in [0.25, 0.3) is 0 Å². The van der Waals surface area contributed by atoms with Crippen LogP contribution in [0.25, 0.3) is 0 Å². The number of halogens is 2. The fraction of sp³-hybridized carbons (Fsp3) is 0.444. The van der Waals surface area contributed by atoms with E-state index < -0.39 is 12.2 Å². The van der Waals surface area contributed by atoms with Crippen LogP contribution in [-0.2, 0) is 0 Å². The van der Waals surface area contributed by atoms with Crippen LogP contribution in [-0.4, -0.2) is 26.6 Å². The molecule has 0 saturated carbocycles. The van der Waals surface area contributed by atoms with Crippen molar-refractivity contribution in [3.63, 3.8) is 0 Å². The van der Waals surface area contributed by atoms with Gasteiger partial charge in [-0.15, -0.1) is 0 Å². The third kappa shape index (κ3) is 3.31. The second kappa shape index (κ2) is 5.80. The number of hydrogen-bond acceptors (Lipinski definition) is 3. The highest BCUT2D eigenvalue weighted by Crippen LogP contribution is 2.21. The maximum Gasteiger partial charge on any atom is 0.106 e. The first-order valence-electron chi connectivity index (χ1n) is 4.17. The van der Waals surface area contributed by atoms with E-state index in [9.17, 15) is 10.2 Å². The van der Waals surface area contributed by atoms with Crippen molar-refractivity contribution in [2.45, 2.75) is 18.6 Å². The van der Waals surface area contributed by atoms with Crippen LogP contribution >= 0.6 is 31.9 Å². The van der Waals surface area contributed by atoms with E-state index in [4.69, 9.17) is 0 Å². The zero-order chi connectivity index (χ0) is 10.6. The molecule has 2 unspecified atom stereocenters. The number of aliphatic hydroxyl groups excluding tert-OH is 2. The van der Waals surface area contributed by atoms with Gasteiger partial charge in [0.05, 0.1) is 6.10 Å². The molecule has 0 spiro atoms. The van der Waals surface area contributed by atoms with E-state index in [2.05, 4.69) is 36.8 Å². The monoisotopic (exact) mass is 323 g/mol. The standard InChI is InChI=1S/C9H11Br2NO2/c10-2-1-8(13)9(14)6-3-7(11)5-12-4-6/h3-5,8-9,13-14H,1-2H2. The first kappa shape index (κ1) is 12.1. The Kier molecular flexibility index (Phi) is 5.01. The van der Waals surface area contributed by atoms with Gasteiger partial charge in [0.1, 0.15) is 6.10 Å². The van der Waals surface area contributed by atoms with Crippen molar-refractivity contribution >= 4 is 31.9 Å². The molecule has 0 aliphatic heterocycles. The molecule has 2 N–H and O–H groups in total. The van der Waals surface area contributed by atoms with Crippen LogP contribution in [0.5, 0.6) is 0 Å². The van der Waals surface area contributed by atoms with E-state index in [1.165, 1.54) is 0 Å². The first-order chi connectivity index (χ1) is 6.65. The Morgan fingerprint density at radius 1 is 1.36 bits per heavy atom. The molecular formula is C9H11Br2NO2. The summed E-state index contributed by atoms with van der Waals surface area (Å²) in [6.45, 7) is 0. The fourth-order valence-corrected chi connectivity index (χ4v) is 1.93. The van der Waals surface area contributed by atoms with Gasteiger partial charge < -0.3 is 10.2 Å². The summed E-state index contributed by atoms with van der Waals surface area (Å²) in [5.41, 5.74) is 0.618. The molecule has 0 aromatic carbocycles. The molecule has 0 amide bonds. The van der Waals surface area contributed by atoms with Crippen LogP contribution in [0.15, 0.2) is 22.9 Å². The van der Waals surface area contributed by atoms with E-state index in [1.807, 2.05) is 0 Å². The summed E-state index contributed by atoms with van der Waals surface area (Å²) in [6.07, 6.45) is 2.05. The van der Waals surface area contributed by atoms with Crippen LogP contribution in [0.4, 0.5) is 0 Å². The summed E-state index contributed by atoms with van der Waals surface area (Å²) in [6, 6.07) is 1.75. The highest BCUT2D eigenvalue weighted by atomic mass is 79.9. The molecule has 3 nitrogen and oxygen atoms in total. The van der Waals surface area contributed by atoms with Crippen molar-refractivity contribution in [1.29, 1.82) is 0 Å². The number of pyridine rings is 1. The molecule has 1 heterocycles. The van der Waals surface area contributed by atoms with E-state index >= 15 is 0 Å². The topological polar surface area (TPSA) is 53.4 Å². The number of aromatic nitrogens is 1. The molecule has 14 heavy (non-hydrogen) atoms. The zero-order valence-corrected chi connectivity index (χ0v) is 10.6. The molecule has 1 aromatic rings. The summed E-state index contributed by atoms with van der Waals surface area (Å²) in [7, 11) is 0. The van der Waals surface area contributed by atoms with Crippen LogP contribution in [0.3, 0.4) is 0 Å². The average Bonchev–Trinajstić information content (AvgIpc) is 2.17. The Balaban J connectivity index is 2.73. The first-order valence-corrected chi connectivity index (χ1v) is 6.09. The molecule has 1 rings (SSSR count). The highest BCUT2D eigenvalue weighted by Gasteiger charge is 2.17. The lowest BCUT2D eigenvalue weighted by atomic mass is 10.1. The van der Waals surface area contributed by atoms with Gasteiger partial charge in [0, 0.05) is 27.8 Å². The molecule has 0 saturated heterocycles. The number of hydrogen-bond donors (Lipinski definition) is 2. The lowest BCUT2D eigenvalue weighted by Gasteiger charge is -2.16. The van der Waals surface area contributed by atoms with Crippen molar-refractivity contribution in [1.82, 2.24) is 4.98 Å². The Hall–Kier alpha value is 0.0300. The van der Waals surface area contributed by atoms with Crippen molar-refractivity contribution in [2.24, 2.45) is 0 Å². The zero-order valence-electron chi connectivity index (χ0n) is 7.40. The van der Waals surface area contributed by atoms with Gasteiger partial charge in [-0.1, -0.05) is 15.9 Å². The number of alkyl halides is 1. The number of rotatable bonds is 4. The lowest BCUT2D eigenvalue weighted by molar-refractivity contribution is 0.0171. The second-order valence-corrected chi connectivity index (χ2v) is 4.64. The second-order valence-electron chi connectivity index (χ2n) is 2.93. The molecule has 0 bridgehead atoms. The van der Waals surface area contributed by atoms with Gasteiger partial charge in [-0.25, -0.2) is 0 Å². The van der Waals surface area contributed by atoms with Crippen molar-refractivity contribution in [2.75, 3.05) is 5.33 Å². The van der Waals surface area contributed by atoms with Gasteiger partial charge in [0.15, 0.2) is 0 Å². The Morgan fingerprint density at radius 2 is 2.07 bits per heavy atom. The maximum absolute atomic E-state index is 9.71. The predicted molar refractivity (Wildman–Crippen MR) is 61.3 cm³/mol. The highest BCUT2D eigenvalue weighted by molar-refractivity contribution is 9.10. The quantitative estimate of drug-likeness (QED) is 0.833. The number of aliphatic hydroxyl groups is 2. The van der Waals surface area contributed by atoms with Crippen molar-refractivity contribution in [3.05, 3.63) is 28.5 Å². The summed E-state index contributed by atoms with van der Waals surface area (Å²) in [5, 5.41) is 19.9. The summed E-state index contributed by atoms with van der Waals surface area (Å²) in [5.74, 6) is 0. The predicted octanol–water partition coefficient (Wildman–Crippen LogP) is 2.02. The summed E-state index contributed by atoms with van der Waals surface area (Å²) >= 11 is 6.46. The third-order valence-electron chi connectivity index (χ3n) is 1.84. The van der Waals surface area contributed by atoms with Gasteiger partial charge >= 0.3 is 0 Å². The minimum Gasteiger partial charge on any atom is -0.390 e. The Labute approximate surface area is 99.4 Å². The van der Waals surface area contributed by atoms with Gasteiger partial charge in [-0.2, -0.15) is 0 Å². The molecule has 0 radical (unpaired) electrons.